The minimum Gasteiger partial charge on any atom is -0.494 e. The van der Waals surface area contributed by atoms with Crippen molar-refractivity contribution in [2.45, 2.75) is 13.0 Å². The molecule has 0 amide bonds. The van der Waals surface area contributed by atoms with Gasteiger partial charge < -0.3 is 14.8 Å². The molecule has 0 bridgehead atoms. The first kappa shape index (κ1) is 14.4. The number of hydrogen-bond donors (Lipinski definition) is 1. The van der Waals surface area contributed by atoms with Gasteiger partial charge in [0.2, 0.25) is 0 Å². The van der Waals surface area contributed by atoms with Crippen LogP contribution in [0.15, 0.2) is 54.6 Å². The molecular weight excluding hydrogens is 250 g/mol. The number of likely N-dealkylation sites (N-methyl/N-ethyl adjacent to an activating group) is 1. The van der Waals surface area contributed by atoms with Gasteiger partial charge in [0, 0.05) is 0 Å². The van der Waals surface area contributed by atoms with Crippen LogP contribution in [0.2, 0.25) is 0 Å². The highest BCUT2D eigenvalue weighted by atomic mass is 16.5. The zero-order chi connectivity index (χ0) is 14.2. The topological polar surface area (TPSA) is 30.5 Å². The van der Waals surface area contributed by atoms with Crippen molar-refractivity contribution in [1.29, 1.82) is 0 Å². The molecule has 0 aliphatic heterocycles. The second-order valence-corrected chi connectivity index (χ2v) is 4.47. The van der Waals surface area contributed by atoms with E-state index >= 15 is 0 Å². The minimum absolute atomic E-state index is 0.158. The lowest BCUT2D eigenvalue weighted by molar-refractivity contribution is 0.273. The summed E-state index contributed by atoms with van der Waals surface area (Å²) < 4.78 is 11.2. The van der Waals surface area contributed by atoms with Crippen molar-refractivity contribution in [1.82, 2.24) is 5.32 Å². The monoisotopic (exact) mass is 271 g/mol. The van der Waals surface area contributed by atoms with E-state index in [1.54, 1.807) is 0 Å². The van der Waals surface area contributed by atoms with Crippen LogP contribution in [0.4, 0.5) is 0 Å². The highest BCUT2D eigenvalue weighted by Gasteiger charge is 2.10. The van der Waals surface area contributed by atoms with E-state index < -0.39 is 0 Å². The number of hydrogen-bond acceptors (Lipinski definition) is 3. The van der Waals surface area contributed by atoms with Gasteiger partial charge in [0.25, 0.3) is 0 Å². The van der Waals surface area contributed by atoms with Crippen LogP contribution in [0.3, 0.4) is 0 Å². The van der Waals surface area contributed by atoms with Crippen LogP contribution < -0.4 is 14.8 Å². The van der Waals surface area contributed by atoms with Crippen LogP contribution in [0.1, 0.15) is 18.5 Å². The zero-order valence-corrected chi connectivity index (χ0v) is 12.0. The van der Waals surface area contributed by atoms with E-state index in [1.807, 2.05) is 56.4 Å². The first-order valence-corrected chi connectivity index (χ1v) is 6.91. The summed E-state index contributed by atoms with van der Waals surface area (Å²) in [6.45, 7) is 3.26. The molecule has 0 saturated carbocycles. The Morgan fingerprint density at radius 2 is 1.55 bits per heavy atom. The highest BCUT2D eigenvalue weighted by molar-refractivity contribution is 5.29. The summed E-state index contributed by atoms with van der Waals surface area (Å²) in [5.41, 5.74) is 1.19. The molecule has 1 N–H and O–H groups in total. The highest BCUT2D eigenvalue weighted by Crippen LogP contribution is 2.19. The van der Waals surface area contributed by atoms with Crippen LogP contribution >= 0.6 is 0 Å². The SMILES string of the molecule is CCOc1ccc(C(COc2ccccc2)NC)cc1. The lowest BCUT2D eigenvalue weighted by Crippen LogP contribution is -2.23. The summed E-state index contributed by atoms with van der Waals surface area (Å²) >= 11 is 0. The molecule has 0 spiro atoms. The molecule has 0 fully saturated rings. The van der Waals surface area contributed by atoms with Gasteiger partial charge in [0.1, 0.15) is 18.1 Å². The van der Waals surface area contributed by atoms with E-state index in [0.29, 0.717) is 13.2 Å². The summed E-state index contributed by atoms with van der Waals surface area (Å²) in [7, 11) is 1.94. The molecule has 2 aromatic carbocycles. The number of ether oxygens (including phenoxy) is 2. The lowest BCUT2D eigenvalue weighted by atomic mass is 10.1. The summed E-state index contributed by atoms with van der Waals surface area (Å²) in [6.07, 6.45) is 0. The molecule has 2 rings (SSSR count). The Bertz CT molecular complexity index is 496. The standard InChI is InChI=1S/C17H21NO2/c1-3-19-16-11-9-14(10-12-16)17(18-2)13-20-15-7-5-4-6-8-15/h4-12,17-18H,3,13H2,1-2H3. The number of para-hydroxylation sites is 1. The molecule has 106 valence electrons. The minimum atomic E-state index is 0.158. The van der Waals surface area contributed by atoms with Gasteiger partial charge in [0.15, 0.2) is 0 Å². The average molecular weight is 271 g/mol. The molecule has 0 aromatic heterocycles. The normalized spacial score (nSPS) is 11.9. The fourth-order valence-electron chi connectivity index (χ4n) is 2.01. The summed E-state index contributed by atoms with van der Waals surface area (Å²) in [5, 5.41) is 3.27. The van der Waals surface area contributed by atoms with Crippen LogP contribution in [0.5, 0.6) is 11.5 Å². The Balaban J connectivity index is 1.97. The average Bonchev–Trinajstić information content (AvgIpc) is 2.51. The number of benzene rings is 2. The molecule has 0 heterocycles. The first-order chi connectivity index (χ1) is 9.83. The van der Waals surface area contributed by atoms with Crippen molar-refractivity contribution < 1.29 is 9.47 Å². The largest absolute Gasteiger partial charge is 0.494 e. The van der Waals surface area contributed by atoms with Crippen molar-refractivity contribution in [3.63, 3.8) is 0 Å². The second kappa shape index (κ2) is 7.56. The first-order valence-electron chi connectivity index (χ1n) is 6.91. The van der Waals surface area contributed by atoms with E-state index in [4.69, 9.17) is 9.47 Å². The Kier molecular flexibility index (Phi) is 5.44. The van der Waals surface area contributed by atoms with E-state index in [1.165, 1.54) is 5.56 Å². The fraction of sp³-hybridized carbons (Fsp3) is 0.294. The third-order valence-corrected chi connectivity index (χ3v) is 3.10. The molecule has 1 atom stereocenters. The number of rotatable bonds is 7. The molecule has 1 unspecified atom stereocenters. The molecule has 0 aliphatic carbocycles. The third kappa shape index (κ3) is 4.00. The van der Waals surface area contributed by atoms with E-state index in [-0.39, 0.29) is 6.04 Å². The molecule has 20 heavy (non-hydrogen) atoms. The Labute approximate surface area is 120 Å². The quantitative estimate of drug-likeness (QED) is 0.837. The van der Waals surface area contributed by atoms with Gasteiger partial charge in [0.05, 0.1) is 12.6 Å². The Morgan fingerprint density at radius 3 is 2.15 bits per heavy atom. The molecular formula is C17H21NO2. The van der Waals surface area contributed by atoms with Crippen molar-refractivity contribution in [2.75, 3.05) is 20.3 Å². The van der Waals surface area contributed by atoms with Crippen molar-refractivity contribution in [3.8, 4) is 11.5 Å². The van der Waals surface area contributed by atoms with Crippen molar-refractivity contribution in [3.05, 3.63) is 60.2 Å². The molecule has 0 aliphatic rings. The third-order valence-electron chi connectivity index (χ3n) is 3.10. The maximum absolute atomic E-state index is 5.80. The van der Waals surface area contributed by atoms with Gasteiger partial charge in [-0.2, -0.15) is 0 Å². The van der Waals surface area contributed by atoms with Gasteiger partial charge in [-0.15, -0.1) is 0 Å². The van der Waals surface area contributed by atoms with Gasteiger partial charge in [-0.05, 0) is 43.8 Å². The zero-order valence-electron chi connectivity index (χ0n) is 12.0. The van der Waals surface area contributed by atoms with Gasteiger partial charge in [-0.1, -0.05) is 30.3 Å². The molecule has 0 saturated heterocycles. The summed E-state index contributed by atoms with van der Waals surface area (Å²) in [5.74, 6) is 1.79. The van der Waals surface area contributed by atoms with Crippen molar-refractivity contribution in [2.24, 2.45) is 0 Å². The van der Waals surface area contributed by atoms with Gasteiger partial charge >= 0.3 is 0 Å². The maximum atomic E-state index is 5.80. The van der Waals surface area contributed by atoms with Gasteiger partial charge in [-0.3, -0.25) is 0 Å². The predicted octanol–water partition coefficient (Wildman–Crippen LogP) is 3.42. The van der Waals surface area contributed by atoms with Crippen LogP contribution in [-0.4, -0.2) is 20.3 Å². The lowest BCUT2D eigenvalue weighted by Gasteiger charge is -2.18. The second-order valence-electron chi connectivity index (χ2n) is 4.47. The molecule has 3 nitrogen and oxygen atoms in total. The van der Waals surface area contributed by atoms with Gasteiger partial charge in [-0.25, -0.2) is 0 Å². The summed E-state index contributed by atoms with van der Waals surface area (Å²) in [4.78, 5) is 0. The summed E-state index contributed by atoms with van der Waals surface area (Å²) in [6, 6.07) is 18.1. The Hall–Kier alpha value is -2.00. The Morgan fingerprint density at radius 1 is 0.900 bits per heavy atom. The van der Waals surface area contributed by atoms with Crippen LogP contribution in [-0.2, 0) is 0 Å². The van der Waals surface area contributed by atoms with Crippen molar-refractivity contribution >= 4 is 0 Å². The maximum Gasteiger partial charge on any atom is 0.119 e. The van der Waals surface area contributed by atoms with E-state index in [2.05, 4.69) is 17.4 Å². The molecule has 2 aromatic rings. The van der Waals surface area contributed by atoms with E-state index in [0.717, 1.165) is 11.5 Å². The predicted molar refractivity (Wildman–Crippen MR) is 81.3 cm³/mol. The smallest absolute Gasteiger partial charge is 0.119 e. The molecule has 0 radical (unpaired) electrons. The fourth-order valence-corrected chi connectivity index (χ4v) is 2.01. The molecule has 3 heteroatoms. The number of nitrogens with one attached hydrogen (secondary N) is 1. The van der Waals surface area contributed by atoms with Crippen LogP contribution in [0, 0.1) is 0 Å². The van der Waals surface area contributed by atoms with Crippen LogP contribution in [0.25, 0.3) is 0 Å². The van der Waals surface area contributed by atoms with E-state index in [9.17, 15) is 0 Å².